The fraction of sp³-hybridized carbons (Fsp3) is 0.211. The normalized spacial score (nSPS) is 10.1. The molecule has 0 bridgehead atoms. The number of hydrogen-bond donors (Lipinski definition) is 1. The van der Waals surface area contributed by atoms with Crippen LogP contribution in [0.4, 0.5) is 5.69 Å². The Morgan fingerprint density at radius 1 is 1.08 bits per heavy atom. The molecule has 5 heteroatoms. The standard InChI is InChI=1S/C19H19N3O2/c1-14(2)22(13-15-8-4-3-5-9-15)19(24)18(23)21-17-11-7-6-10-16(17)12-20/h3-11,14H,13H2,1-2H3,(H,21,23). The quantitative estimate of drug-likeness (QED) is 0.880. The van der Waals surface area contributed by atoms with Gasteiger partial charge >= 0.3 is 11.8 Å². The minimum absolute atomic E-state index is 0.130. The van der Waals surface area contributed by atoms with E-state index < -0.39 is 11.8 Å². The van der Waals surface area contributed by atoms with E-state index in [9.17, 15) is 9.59 Å². The maximum Gasteiger partial charge on any atom is 0.313 e. The van der Waals surface area contributed by atoms with Crippen LogP contribution in [0.1, 0.15) is 25.0 Å². The molecule has 0 unspecified atom stereocenters. The number of nitrogens with zero attached hydrogens (tertiary/aromatic N) is 2. The van der Waals surface area contributed by atoms with Crippen molar-refractivity contribution in [1.29, 1.82) is 5.26 Å². The third-order valence-corrected chi connectivity index (χ3v) is 3.57. The van der Waals surface area contributed by atoms with Crippen LogP contribution in [0.2, 0.25) is 0 Å². The predicted molar refractivity (Wildman–Crippen MR) is 91.9 cm³/mol. The first kappa shape index (κ1) is 17.2. The Kier molecular flexibility index (Phi) is 5.69. The number of carbonyl (C=O) groups is 2. The van der Waals surface area contributed by atoms with Crippen LogP contribution >= 0.6 is 0 Å². The number of carbonyl (C=O) groups excluding carboxylic acids is 2. The molecule has 0 saturated heterocycles. The largest absolute Gasteiger partial charge is 0.328 e. The summed E-state index contributed by atoms with van der Waals surface area (Å²) in [5.41, 5.74) is 1.60. The van der Waals surface area contributed by atoms with E-state index in [-0.39, 0.29) is 6.04 Å². The van der Waals surface area contributed by atoms with E-state index in [0.29, 0.717) is 17.8 Å². The zero-order valence-electron chi connectivity index (χ0n) is 13.7. The second-order valence-corrected chi connectivity index (χ2v) is 5.62. The Balaban J connectivity index is 2.14. The monoisotopic (exact) mass is 321 g/mol. The van der Waals surface area contributed by atoms with Gasteiger partial charge < -0.3 is 10.2 Å². The summed E-state index contributed by atoms with van der Waals surface area (Å²) >= 11 is 0. The Labute approximate surface area is 141 Å². The van der Waals surface area contributed by atoms with E-state index >= 15 is 0 Å². The summed E-state index contributed by atoms with van der Waals surface area (Å²) in [6.07, 6.45) is 0. The van der Waals surface area contributed by atoms with Crippen molar-refractivity contribution >= 4 is 17.5 Å². The van der Waals surface area contributed by atoms with Gasteiger partial charge in [-0.05, 0) is 31.5 Å². The number of hydrogen-bond acceptors (Lipinski definition) is 3. The van der Waals surface area contributed by atoms with Crippen molar-refractivity contribution in [1.82, 2.24) is 4.90 Å². The van der Waals surface area contributed by atoms with Crippen molar-refractivity contribution in [3.05, 3.63) is 65.7 Å². The highest BCUT2D eigenvalue weighted by atomic mass is 16.2. The summed E-state index contributed by atoms with van der Waals surface area (Å²) in [5.74, 6) is -1.37. The van der Waals surface area contributed by atoms with Gasteiger partial charge in [-0.25, -0.2) is 0 Å². The van der Waals surface area contributed by atoms with E-state index in [0.717, 1.165) is 5.56 Å². The van der Waals surface area contributed by atoms with Crippen LogP contribution in [-0.4, -0.2) is 22.8 Å². The average Bonchev–Trinajstić information content (AvgIpc) is 2.60. The van der Waals surface area contributed by atoms with Gasteiger partial charge in [0.25, 0.3) is 0 Å². The minimum Gasteiger partial charge on any atom is -0.328 e. The number of nitriles is 1. The number of rotatable bonds is 4. The fourth-order valence-electron chi connectivity index (χ4n) is 2.26. The Morgan fingerprint density at radius 2 is 1.71 bits per heavy atom. The highest BCUT2D eigenvalue weighted by Crippen LogP contribution is 2.15. The molecule has 2 amide bonds. The van der Waals surface area contributed by atoms with E-state index in [1.165, 1.54) is 4.90 Å². The van der Waals surface area contributed by atoms with Gasteiger partial charge in [0.1, 0.15) is 6.07 Å². The van der Waals surface area contributed by atoms with Gasteiger partial charge in [-0.1, -0.05) is 42.5 Å². The lowest BCUT2D eigenvalue weighted by atomic mass is 10.1. The zero-order valence-corrected chi connectivity index (χ0v) is 13.7. The SMILES string of the molecule is CC(C)N(Cc1ccccc1)C(=O)C(=O)Nc1ccccc1C#N. The summed E-state index contributed by atoms with van der Waals surface area (Å²) in [6.45, 7) is 4.07. The molecule has 24 heavy (non-hydrogen) atoms. The lowest BCUT2D eigenvalue weighted by Gasteiger charge is -2.26. The molecule has 2 aromatic carbocycles. The number of amides is 2. The zero-order chi connectivity index (χ0) is 17.5. The maximum atomic E-state index is 12.5. The lowest BCUT2D eigenvalue weighted by Crippen LogP contribution is -2.43. The van der Waals surface area contributed by atoms with Crippen molar-refractivity contribution in [2.75, 3.05) is 5.32 Å². The minimum atomic E-state index is -0.748. The summed E-state index contributed by atoms with van der Waals surface area (Å²) in [4.78, 5) is 26.3. The molecular formula is C19H19N3O2. The van der Waals surface area contributed by atoms with Crippen LogP contribution < -0.4 is 5.32 Å². The molecule has 0 heterocycles. The molecule has 0 spiro atoms. The first-order valence-electron chi connectivity index (χ1n) is 7.68. The molecule has 0 aliphatic rings. The molecule has 122 valence electrons. The van der Waals surface area contributed by atoms with Crippen molar-refractivity contribution in [2.24, 2.45) is 0 Å². The van der Waals surface area contributed by atoms with E-state index in [2.05, 4.69) is 5.32 Å². The summed E-state index contributed by atoms with van der Waals surface area (Å²) in [5, 5.41) is 11.6. The van der Waals surface area contributed by atoms with Gasteiger partial charge in [0.2, 0.25) is 0 Å². The van der Waals surface area contributed by atoms with E-state index in [4.69, 9.17) is 5.26 Å². The molecule has 0 aromatic heterocycles. The Hall–Kier alpha value is -3.13. The molecule has 5 nitrogen and oxygen atoms in total. The van der Waals surface area contributed by atoms with Crippen molar-refractivity contribution in [2.45, 2.75) is 26.4 Å². The van der Waals surface area contributed by atoms with Crippen molar-refractivity contribution in [3.8, 4) is 6.07 Å². The van der Waals surface area contributed by atoms with E-state index in [1.54, 1.807) is 24.3 Å². The third kappa shape index (κ3) is 4.20. The third-order valence-electron chi connectivity index (χ3n) is 3.57. The molecule has 0 radical (unpaired) electrons. The molecule has 1 N–H and O–H groups in total. The van der Waals surface area contributed by atoms with Crippen LogP contribution in [0.15, 0.2) is 54.6 Å². The Morgan fingerprint density at radius 3 is 2.33 bits per heavy atom. The summed E-state index contributed by atoms with van der Waals surface area (Å²) < 4.78 is 0. The summed E-state index contributed by atoms with van der Waals surface area (Å²) in [6, 6.07) is 17.9. The molecule has 2 rings (SSSR count). The topological polar surface area (TPSA) is 73.2 Å². The highest BCUT2D eigenvalue weighted by molar-refractivity contribution is 6.39. The smallest absolute Gasteiger partial charge is 0.313 e. The second kappa shape index (κ2) is 7.93. The molecule has 2 aromatic rings. The number of nitrogens with one attached hydrogen (secondary N) is 1. The molecular weight excluding hydrogens is 302 g/mol. The van der Waals surface area contributed by atoms with Gasteiger partial charge in [-0.3, -0.25) is 9.59 Å². The average molecular weight is 321 g/mol. The van der Waals surface area contributed by atoms with Gasteiger partial charge in [-0.2, -0.15) is 5.26 Å². The summed E-state index contributed by atoms with van der Waals surface area (Å²) in [7, 11) is 0. The number of anilines is 1. The van der Waals surface area contributed by atoms with Crippen molar-refractivity contribution in [3.63, 3.8) is 0 Å². The molecule has 0 atom stereocenters. The number of para-hydroxylation sites is 1. The highest BCUT2D eigenvalue weighted by Gasteiger charge is 2.24. The Bertz CT molecular complexity index is 764. The predicted octanol–water partition coefficient (Wildman–Crippen LogP) is 2.93. The first-order chi connectivity index (χ1) is 11.5. The van der Waals surface area contributed by atoms with Gasteiger partial charge in [0.05, 0.1) is 11.3 Å². The van der Waals surface area contributed by atoms with Crippen LogP contribution in [0, 0.1) is 11.3 Å². The number of benzene rings is 2. The van der Waals surface area contributed by atoms with Gasteiger partial charge in [0, 0.05) is 12.6 Å². The fourth-order valence-corrected chi connectivity index (χ4v) is 2.26. The van der Waals surface area contributed by atoms with Crippen molar-refractivity contribution < 1.29 is 9.59 Å². The van der Waals surface area contributed by atoms with Crippen LogP contribution in [-0.2, 0) is 16.1 Å². The van der Waals surface area contributed by atoms with Gasteiger partial charge in [-0.15, -0.1) is 0 Å². The molecule has 0 aliphatic carbocycles. The van der Waals surface area contributed by atoms with E-state index in [1.807, 2.05) is 50.2 Å². The van der Waals surface area contributed by atoms with Gasteiger partial charge in [0.15, 0.2) is 0 Å². The van der Waals surface area contributed by atoms with Crippen LogP contribution in [0.3, 0.4) is 0 Å². The maximum absolute atomic E-state index is 12.5. The molecule has 0 saturated carbocycles. The lowest BCUT2D eigenvalue weighted by molar-refractivity contribution is -0.144. The van der Waals surface area contributed by atoms with Crippen LogP contribution in [0.25, 0.3) is 0 Å². The molecule has 0 fully saturated rings. The second-order valence-electron chi connectivity index (χ2n) is 5.62. The molecule has 0 aliphatic heterocycles. The first-order valence-corrected chi connectivity index (χ1v) is 7.68. The van der Waals surface area contributed by atoms with Crippen LogP contribution in [0.5, 0.6) is 0 Å².